The van der Waals surface area contributed by atoms with E-state index in [1.807, 2.05) is 37.3 Å². The van der Waals surface area contributed by atoms with E-state index in [0.717, 1.165) is 27.0 Å². The van der Waals surface area contributed by atoms with Crippen molar-refractivity contribution < 1.29 is 14.3 Å². The number of nitrogens with zero attached hydrogens (tertiary/aromatic N) is 1. The van der Waals surface area contributed by atoms with E-state index in [2.05, 4.69) is 21.2 Å². The first-order valence-corrected chi connectivity index (χ1v) is 8.81. The molecular formula is C19H19BrN2O3. The lowest BCUT2D eigenvalue weighted by atomic mass is 10.0. The molecule has 1 heterocycles. The van der Waals surface area contributed by atoms with Gasteiger partial charge in [-0.2, -0.15) is 0 Å². The second-order valence-corrected chi connectivity index (χ2v) is 6.90. The van der Waals surface area contributed by atoms with Crippen molar-refractivity contribution in [2.75, 3.05) is 23.9 Å². The first-order chi connectivity index (χ1) is 11.9. The number of amides is 2. The van der Waals surface area contributed by atoms with E-state index in [4.69, 9.17) is 4.74 Å². The molecule has 0 fully saturated rings. The highest BCUT2D eigenvalue weighted by Crippen LogP contribution is 2.27. The number of halogens is 1. The fourth-order valence-corrected chi connectivity index (χ4v) is 2.92. The van der Waals surface area contributed by atoms with Crippen LogP contribution in [0.25, 0.3) is 0 Å². The molecule has 0 saturated heterocycles. The van der Waals surface area contributed by atoms with Crippen LogP contribution in [-0.2, 0) is 16.0 Å². The monoisotopic (exact) mass is 402 g/mol. The minimum Gasteiger partial charge on any atom is -0.484 e. The molecule has 3 rings (SSSR count). The topological polar surface area (TPSA) is 58.6 Å². The molecule has 1 N–H and O–H groups in total. The minimum absolute atomic E-state index is 0.0303. The molecule has 25 heavy (non-hydrogen) atoms. The van der Waals surface area contributed by atoms with Crippen molar-refractivity contribution in [3.8, 4) is 5.75 Å². The van der Waals surface area contributed by atoms with Gasteiger partial charge in [-0.15, -0.1) is 0 Å². The van der Waals surface area contributed by atoms with Crippen LogP contribution in [0.3, 0.4) is 0 Å². The number of carbonyl (C=O) groups excluding carboxylic acids is 2. The third-order valence-electron chi connectivity index (χ3n) is 4.24. The molecule has 0 atom stereocenters. The van der Waals surface area contributed by atoms with Crippen LogP contribution in [-0.4, -0.2) is 25.5 Å². The maximum absolute atomic E-state index is 12.4. The molecule has 1 aliphatic rings. The molecule has 2 aromatic rings. The Kier molecular flexibility index (Phi) is 5.08. The second-order valence-electron chi connectivity index (χ2n) is 6.04. The quantitative estimate of drug-likeness (QED) is 0.848. The van der Waals surface area contributed by atoms with E-state index >= 15 is 0 Å². The van der Waals surface area contributed by atoms with Crippen molar-refractivity contribution in [1.29, 1.82) is 0 Å². The number of aryl methyl sites for hydroxylation is 2. The average molecular weight is 403 g/mol. The fraction of sp³-hybridized carbons (Fsp3) is 0.263. The van der Waals surface area contributed by atoms with Gasteiger partial charge in [0.05, 0.1) is 0 Å². The van der Waals surface area contributed by atoms with Crippen molar-refractivity contribution in [2.45, 2.75) is 19.8 Å². The van der Waals surface area contributed by atoms with Crippen molar-refractivity contribution >= 4 is 39.1 Å². The van der Waals surface area contributed by atoms with Crippen molar-refractivity contribution in [2.24, 2.45) is 0 Å². The van der Waals surface area contributed by atoms with Gasteiger partial charge in [0, 0.05) is 29.3 Å². The van der Waals surface area contributed by atoms with Crippen LogP contribution in [0.1, 0.15) is 17.5 Å². The van der Waals surface area contributed by atoms with Gasteiger partial charge in [-0.25, -0.2) is 0 Å². The molecule has 0 radical (unpaired) electrons. The summed E-state index contributed by atoms with van der Waals surface area (Å²) in [5.41, 5.74) is 3.73. The van der Waals surface area contributed by atoms with Crippen molar-refractivity contribution in [3.63, 3.8) is 0 Å². The summed E-state index contributed by atoms with van der Waals surface area (Å²) in [5.74, 6) is 0.527. The first-order valence-electron chi connectivity index (χ1n) is 8.02. The van der Waals surface area contributed by atoms with E-state index < -0.39 is 0 Å². The summed E-state index contributed by atoms with van der Waals surface area (Å²) in [5, 5.41) is 2.83. The molecule has 0 aliphatic carbocycles. The summed E-state index contributed by atoms with van der Waals surface area (Å²) in [6.45, 7) is 1.94. The van der Waals surface area contributed by atoms with Gasteiger partial charge in [0.15, 0.2) is 6.61 Å². The van der Waals surface area contributed by atoms with E-state index in [-0.39, 0.29) is 18.4 Å². The minimum atomic E-state index is -0.132. The zero-order valence-corrected chi connectivity index (χ0v) is 15.7. The summed E-state index contributed by atoms with van der Waals surface area (Å²) in [7, 11) is 1.73. The molecule has 6 heteroatoms. The summed E-state index contributed by atoms with van der Waals surface area (Å²) in [4.78, 5) is 25.3. The Morgan fingerprint density at radius 3 is 2.80 bits per heavy atom. The lowest BCUT2D eigenvalue weighted by Gasteiger charge is -2.20. The normalized spacial score (nSPS) is 13.0. The Balaban J connectivity index is 1.64. The van der Waals surface area contributed by atoms with Gasteiger partial charge in [-0.1, -0.05) is 15.9 Å². The van der Waals surface area contributed by atoms with Gasteiger partial charge < -0.3 is 15.0 Å². The Hall–Kier alpha value is -2.34. The highest BCUT2D eigenvalue weighted by Gasteiger charge is 2.16. The number of ether oxygens (including phenoxy) is 1. The third-order valence-corrected chi connectivity index (χ3v) is 5.13. The summed E-state index contributed by atoms with van der Waals surface area (Å²) in [6, 6.07) is 11.2. The van der Waals surface area contributed by atoms with Crippen LogP contribution in [0.4, 0.5) is 11.4 Å². The molecule has 0 bridgehead atoms. The molecule has 130 valence electrons. The number of fused-ring (bicyclic) bond motifs is 1. The molecular weight excluding hydrogens is 384 g/mol. The van der Waals surface area contributed by atoms with Crippen molar-refractivity contribution in [3.05, 3.63) is 52.0 Å². The standard InChI is InChI=1S/C19H19BrN2O3/c1-12-9-14(4-6-16(12)20)22(2)19(24)11-25-15-5-7-17-13(10-15)3-8-18(23)21-17/h4-7,9-10H,3,8,11H2,1-2H3,(H,21,23). The smallest absolute Gasteiger partial charge is 0.264 e. The Labute approximate surface area is 155 Å². The van der Waals surface area contributed by atoms with Crippen LogP contribution < -0.4 is 15.0 Å². The van der Waals surface area contributed by atoms with Gasteiger partial charge in [0.25, 0.3) is 5.91 Å². The van der Waals surface area contributed by atoms with Crippen LogP contribution in [0, 0.1) is 6.92 Å². The Morgan fingerprint density at radius 1 is 1.24 bits per heavy atom. The van der Waals surface area contributed by atoms with Gasteiger partial charge >= 0.3 is 0 Å². The molecule has 0 aromatic heterocycles. The SMILES string of the molecule is Cc1cc(N(C)C(=O)COc2ccc3c(c2)CCC(=O)N3)ccc1Br. The highest BCUT2D eigenvalue weighted by atomic mass is 79.9. The number of carbonyl (C=O) groups is 2. The predicted octanol–water partition coefficient (Wildman–Crippen LogP) is 3.68. The van der Waals surface area contributed by atoms with Gasteiger partial charge in [0.2, 0.25) is 5.91 Å². The molecule has 2 amide bonds. The highest BCUT2D eigenvalue weighted by molar-refractivity contribution is 9.10. The van der Waals surface area contributed by atoms with E-state index in [1.54, 1.807) is 18.0 Å². The zero-order valence-electron chi connectivity index (χ0n) is 14.1. The molecule has 0 saturated carbocycles. The Bertz CT molecular complexity index is 835. The zero-order chi connectivity index (χ0) is 18.0. The predicted molar refractivity (Wildman–Crippen MR) is 101 cm³/mol. The fourth-order valence-electron chi connectivity index (χ4n) is 2.67. The maximum Gasteiger partial charge on any atom is 0.264 e. The van der Waals surface area contributed by atoms with E-state index in [9.17, 15) is 9.59 Å². The number of hydrogen-bond acceptors (Lipinski definition) is 3. The van der Waals surface area contributed by atoms with Crippen LogP contribution in [0.2, 0.25) is 0 Å². The number of likely N-dealkylation sites (N-methyl/N-ethyl adjacent to an activating group) is 1. The number of benzene rings is 2. The number of nitrogens with one attached hydrogen (secondary N) is 1. The largest absolute Gasteiger partial charge is 0.484 e. The van der Waals surface area contributed by atoms with Gasteiger partial charge in [-0.05, 0) is 60.9 Å². The molecule has 1 aliphatic heterocycles. The molecule has 2 aromatic carbocycles. The number of hydrogen-bond donors (Lipinski definition) is 1. The van der Waals surface area contributed by atoms with E-state index in [1.165, 1.54) is 0 Å². The lowest BCUT2D eigenvalue weighted by molar-refractivity contribution is -0.120. The lowest BCUT2D eigenvalue weighted by Crippen LogP contribution is -2.31. The summed E-state index contributed by atoms with van der Waals surface area (Å²) >= 11 is 3.46. The molecule has 0 unspecified atom stereocenters. The second kappa shape index (κ2) is 7.27. The summed E-state index contributed by atoms with van der Waals surface area (Å²) < 4.78 is 6.65. The molecule has 0 spiro atoms. The number of anilines is 2. The van der Waals surface area contributed by atoms with Crippen LogP contribution in [0.15, 0.2) is 40.9 Å². The van der Waals surface area contributed by atoms with Gasteiger partial charge in [-0.3, -0.25) is 9.59 Å². The van der Waals surface area contributed by atoms with E-state index in [0.29, 0.717) is 18.6 Å². The summed E-state index contributed by atoms with van der Waals surface area (Å²) in [6.07, 6.45) is 1.16. The van der Waals surface area contributed by atoms with Crippen LogP contribution in [0.5, 0.6) is 5.75 Å². The first kappa shape index (κ1) is 17.5. The number of rotatable bonds is 4. The van der Waals surface area contributed by atoms with Crippen LogP contribution >= 0.6 is 15.9 Å². The Morgan fingerprint density at radius 2 is 2.04 bits per heavy atom. The van der Waals surface area contributed by atoms with Crippen molar-refractivity contribution in [1.82, 2.24) is 0 Å². The van der Waals surface area contributed by atoms with Gasteiger partial charge in [0.1, 0.15) is 5.75 Å². The molecule has 5 nitrogen and oxygen atoms in total. The maximum atomic E-state index is 12.4. The average Bonchev–Trinajstić information content (AvgIpc) is 2.61. The third kappa shape index (κ3) is 4.02.